The average molecular weight is 149 g/mol. The second-order valence-electron chi connectivity index (χ2n) is 3.55. The highest BCUT2D eigenvalue weighted by Crippen LogP contribution is 2.27. The van der Waals surface area contributed by atoms with E-state index in [1.165, 1.54) is 37.8 Å². The minimum absolute atomic E-state index is 0.966. The van der Waals surface area contributed by atoms with Crippen LogP contribution in [0.1, 0.15) is 31.4 Å². The predicted octanol–water partition coefficient (Wildman–Crippen LogP) is 2.75. The Labute approximate surface area is 67.8 Å². The van der Waals surface area contributed by atoms with Crippen LogP contribution in [0.5, 0.6) is 0 Å². The molecule has 1 heteroatoms. The lowest BCUT2D eigenvalue weighted by atomic mass is 10.0. The number of hydrogen-bond acceptors (Lipinski definition) is 0. The van der Waals surface area contributed by atoms with Crippen LogP contribution in [-0.4, -0.2) is 4.98 Å². The molecule has 0 aliphatic heterocycles. The van der Waals surface area contributed by atoms with Crippen molar-refractivity contribution in [3.63, 3.8) is 0 Å². The lowest BCUT2D eigenvalue weighted by molar-refractivity contribution is 0.540. The van der Waals surface area contributed by atoms with Crippen LogP contribution >= 0.6 is 0 Å². The first-order chi connectivity index (χ1) is 5.45. The van der Waals surface area contributed by atoms with Crippen LogP contribution in [0, 0.1) is 5.92 Å². The summed E-state index contributed by atoms with van der Waals surface area (Å²) in [6, 6.07) is 4.28. The maximum absolute atomic E-state index is 3.26. The molecule has 1 fully saturated rings. The zero-order valence-electron chi connectivity index (χ0n) is 6.84. The molecule has 0 aromatic carbocycles. The van der Waals surface area contributed by atoms with Gasteiger partial charge in [-0.05, 0) is 24.5 Å². The zero-order valence-corrected chi connectivity index (χ0v) is 6.84. The van der Waals surface area contributed by atoms with E-state index >= 15 is 0 Å². The molecule has 0 amide bonds. The summed E-state index contributed by atoms with van der Waals surface area (Å²) in [5.41, 5.74) is 1.41. The van der Waals surface area contributed by atoms with Gasteiger partial charge in [0.1, 0.15) is 0 Å². The van der Waals surface area contributed by atoms with E-state index in [2.05, 4.69) is 17.1 Å². The van der Waals surface area contributed by atoms with Crippen LogP contribution in [0.2, 0.25) is 0 Å². The summed E-state index contributed by atoms with van der Waals surface area (Å²) in [6.45, 7) is 0. The van der Waals surface area contributed by atoms with Gasteiger partial charge in [0.2, 0.25) is 0 Å². The molecule has 1 aromatic heterocycles. The van der Waals surface area contributed by atoms with E-state index in [1.807, 2.05) is 6.20 Å². The highest BCUT2D eigenvalue weighted by Gasteiger charge is 2.15. The summed E-state index contributed by atoms with van der Waals surface area (Å²) in [4.78, 5) is 3.26. The molecule has 2 rings (SSSR count). The third-order valence-electron chi connectivity index (χ3n) is 2.65. The summed E-state index contributed by atoms with van der Waals surface area (Å²) in [6.07, 6.45) is 9.08. The van der Waals surface area contributed by atoms with Crippen LogP contribution in [-0.2, 0) is 6.42 Å². The topological polar surface area (TPSA) is 15.8 Å². The molecule has 60 valence electrons. The Hall–Kier alpha value is -0.720. The zero-order chi connectivity index (χ0) is 7.52. The quantitative estimate of drug-likeness (QED) is 0.665. The maximum Gasteiger partial charge on any atom is 0.0149 e. The van der Waals surface area contributed by atoms with Crippen LogP contribution < -0.4 is 0 Å². The number of H-pyrrole nitrogens is 1. The van der Waals surface area contributed by atoms with Gasteiger partial charge < -0.3 is 4.98 Å². The molecule has 1 aromatic rings. The van der Waals surface area contributed by atoms with E-state index in [0.717, 1.165) is 5.92 Å². The van der Waals surface area contributed by atoms with Gasteiger partial charge in [-0.1, -0.05) is 25.7 Å². The van der Waals surface area contributed by atoms with E-state index in [4.69, 9.17) is 0 Å². The molecule has 11 heavy (non-hydrogen) atoms. The van der Waals surface area contributed by atoms with E-state index < -0.39 is 0 Å². The van der Waals surface area contributed by atoms with Gasteiger partial charge in [0.25, 0.3) is 0 Å². The Morgan fingerprint density at radius 3 is 2.82 bits per heavy atom. The van der Waals surface area contributed by atoms with Crippen LogP contribution in [0.15, 0.2) is 18.3 Å². The Bertz CT molecular complexity index is 195. The third-order valence-corrected chi connectivity index (χ3v) is 2.65. The van der Waals surface area contributed by atoms with E-state index in [9.17, 15) is 0 Å². The lowest BCUT2D eigenvalue weighted by Gasteiger charge is -2.05. The van der Waals surface area contributed by atoms with Crippen molar-refractivity contribution < 1.29 is 0 Å². The van der Waals surface area contributed by atoms with Gasteiger partial charge in [-0.2, -0.15) is 0 Å². The molecule has 1 aliphatic rings. The van der Waals surface area contributed by atoms with E-state index in [0.29, 0.717) is 0 Å². The van der Waals surface area contributed by atoms with Gasteiger partial charge in [-0.15, -0.1) is 0 Å². The highest BCUT2D eigenvalue weighted by molar-refractivity contribution is 5.04. The summed E-state index contributed by atoms with van der Waals surface area (Å²) in [5, 5.41) is 0. The van der Waals surface area contributed by atoms with E-state index in [-0.39, 0.29) is 0 Å². The maximum atomic E-state index is 3.26. The van der Waals surface area contributed by atoms with Crippen molar-refractivity contribution >= 4 is 0 Å². The first kappa shape index (κ1) is 6.96. The average Bonchev–Trinajstić information content (AvgIpc) is 2.60. The predicted molar refractivity (Wildman–Crippen MR) is 46.5 cm³/mol. The first-order valence-electron chi connectivity index (χ1n) is 4.57. The third kappa shape index (κ3) is 1.65. The molecular weight excluding hydrogens is 134 g/mol. The molecule has 0 atom stereocenters. The van der Waals surface area contributed by atoms with Crippen molar-refractivity contribution in [2.24, 2.45) is 5.92 Å². The lowest BCUT2D eigenvalue weighted by Crippen LogP contribution is -1.98. The fourth-order valence-electron chi connectivity index (χ4n) is 2.02. The van der Waals surface area contributed by atoms with Crippen LogP contribution in [0.3, 0.4) is 0 Å². The fourth-order valence-corrected chi connectivity index (χ4v) is 2.02. The molecule has 0 bridgehead atoms. The minimum atomic E-state index is 0.966. The normalized spacial score (nSPS) is 19.3. The number of rotatable bonds is 2. The van der Waals surface area contributed by atoms with Crippen molar-refractivity contribution in [2.45, 2.75) is 32.1 Å². The summed E-state index contributed by atoms with van der Waals surface area (Å²) >= 11 is 0. The summed E-state index contributed by atoms with van der Waals surface area (Å²) in [5.74, 6) is 0.966. The molecular formula is C10H15N. The minimum Gasteiger partial charge on any atom is -0.365 e. The summed E-state index contributed by atoms with van der Waals surface area (Å²) in [7, 11) is 0. The van der Waals surface area contributed by atoms with E-state index in [1.54, 1.807) is 0 Å². The highest BCUT2D eigenvalue weighted by atomic mass is 14.7. The Morgan fingerprint density at radius 2 is 2.18 bits per heavy atom. The van der Waals surface area contributed by atoms with Crippen molar-refractivity contribution in [3.8, 4) is 0 Å². The fraction of sp³-hybridized carbons (Fsp3) is 0.600. The molecule has 1 heterocycles. The van der Waals surface area contributed by atoms with Crippen molar-refractivity contribution in [1.29, 1.82) is 0 Å². The van der Waals surface area contributed by atoms with Gasteiger partial charge in [-0.25, -0.2) is 0 Å². The number of nitrogens with one attached hydrogen (secondary N) is 1. The van der Waals surface area contributed by atoms with Crippen LogP contribution in [0.25, 0.3) is 0 Å². The summed E-state index contributed by atoms with van der Waals surface area (Å²) < 4.78 is 0. The molecule has 0 spiro atoms. The molecule has 1 nitrogen and oxygen atoms in total. The standard InChI is InChI=1S/C10H15N/c1-2-5-9(4-1)8-10-6-3-7-11-10/h3,6-7,9,11H,1-2,4-5,8H2. The first-order valence-corrected chi connectivity index (χ1v) is 4.57. The molecule has 0 radical (unpaired) electrons. The van der Waals surface area contributed by atoms with Crippen molar-refractivity contribution in [2.75, 3.05) is 0 Å². The molecule has 1 saturated carbocycles. The Balaban J connectivity index is 1.90. The number of aromatic amines is 1. The molecule has 1 N–H and O–H groups in total. The molecule has 0 saturated heterocycles. The molecule has 0 unspecified atom stereocenters. The van der Waals surface area contributed by atoms with Gasteiger partial charge in [0.05, 0.1) is 0 Å². The SMILES string of the molecule is c1c[nH]c(CC2CCCC2)c1. The van der Waals surface area contributed by atoms with Crippen LogP contribution in [0.4, 0.5) is 0 Å². The second kappa shape index (κ2) is 3.12. The van der Waals surface area contributed by atoms with Gasteiger partial charge in [-0.3, -0.25) is 0 Å². The van der Waals surface area contributed by atoms with Crippen molar-refractivity contribution in [1.82, 2.24) is 4.98 Å². The largest absolute Gasteiger partial charge is 0.365 e. The monoisotopic (exact) mass is 149 g/mol. The van der Waals surface area contributed by atoms with Gasteiger partial charge in [0, 0.05) is 11.9 Å². The van der Waals surface area contributed by atoms with Gasteiger partial charge in [0.15, 0.2) is 0 Å². The number of hydrogen-bond donors (Lipinski definition) is 1. The smallest absolute Gasteiger partial charge is 0.0149 e. The number of aromatic nitrogens is 1. The Kier molecular flexibility index (Phi) is 1.97. The second-order valence-corrected chi connectivity index (χ2v) is 3.55. The molecule has 1 aliphatic carbocycles. The van der Waals surface area contributed by atoms with Crippen molar-refractivity contribution in [3.05, 3.63) is 24.0 Å². The Morgan fingerprint density at radius 1 is 1.36 bits per heavy atom. The van der Waals surface area contributed by atoms with Gasteiger partial charge >= 0.3 is 0 Å².